The smallest absolute Gasteiger partial charge is 0.0596 e. The molecule has 1 nitrogen and oxygen atoms in total. The van der Waals surface area contributed by atoms with Crippen molar-refractivity contribution in [3.8, 4) is 0 Å². The number of hydrogen-bond acceptors (Lipinski definition) is 1. The van der Waals surface area contributed by atoms with E-state index in [4.69, 9.17) is 0 Å². The Hall–Kier alpha value is -0.0400. The Morgan fingerprint density at radius 1 is 1.20 bits per heavy atom. The molecule has 0 spiro atoms. The van der Waals surface area contributed by atoms with Gasteiger partial charge in [-0.05, 0) is 36.5 Å². The van der Waals surface area contributed by atoms with Crippen molar-refractivity contribution in [3.63, 3.8) is 0 Å². The quantitative estimate of drug-likeness (QED) is 0.742. The zero-order valence-corrected chi connectivity index (χ0v) is 11.0. The van der Waals surface area contributed by atoms with Gasteiger partial charge in [0.1, 0.15) is 0 Å². The molecule has 1 aliphatic rings. The van der Waals surface area contributed by atoms with E-state index < -0.39 is 0 Å². The highest BCUT2D eigenvalue weighted by Crippen LogP contribution is 2.42. The molecule has 1 saturated carbocycles. The molecule has 0 heterocycles. The lowest BCUT2D eigenvalue weighted by Gasteiger charge is -2.39. The molecule has 0 aromatic heterocycles. The summed E-state index contributed by atoms with van der Waals surface area (Å²) >= 11 is 0. The van der Waals surface area contributed by atoms with E-state index in [9.17, 15) is 5.11 Å². The lowest BCUT2D eigenvalue weighted by molar-refractivity contribution is -0.00204. The molecule has 1 fully saturated rings. The van der Waals surface area contributed by atoms with Gasteiger partial charge in [-0.1, -0.05) is 47.0 Å². The highest BCUT2D eigenvalue weighted by Gasteiger charge is 2.34. The Balaban J connectivity index is 2.52. The van der Waals surface area contributed by atoms with Crippen LogP contribution in [0.4, 0.5) is 0 Å². The molecule has 0 amide bonds. The summed E-state index contributed by atoms with van der Waals surface area (Å²) in [5, 5.41) is 10.3. The lowest BCUT2D eigenvalue weighted by atomic mass is 9.68. The van der Waals surface area contributed by atoms with Gasteiger partial charge in [0.25, 0.3) is 0 Å². The standard InChI is InChI=1S/C14H28O/c1-5-13(2,3)12(15)11-14(4)9-7-6-8-10-14/h12,15H,5-11H2,1-4H3. The van der Waals surface area contributed by atoms with E-state index in [2.05, 4.69) is 27.7 Å². The average molecular weight is 212 g/mol. The third kappa shape index (κ3) is 3.48. The fourth-order valence-corrected chi connectivity index (χ4v) is 2.59. The minimum atomic E-state index is -0.134. The van der Waals surface area contributed by atoms with Gasteiger partial charge in [0, 0.05) is 0 Å². The van der Waals surface area contributed by atoms with Gasteiger partial charge in [-0.2, -0.15) is 0 Å². The van der Waals surface area contributed by atoms with Crippen LogP contribution in [-0.4, -0.2) is 11.2 Å². The molecule has 1 rings (SSSR count). The third-order valence-corrected chi connectivity index (χ3v) is 4.56. The lowest BCUT2D eigenvalue weighted by Crippen LogP contribution is -2.35. The molecule has 0 aromatic carbocycles. The molecular formula is C14H28O. The summed E-state index contributed by atoms with van der Waals surface area (Å²) in [5.74, 6) is 0. The predicted octanol–water partition coefficient (Wildman–Crippen LogP) is 4.14. The summed E-state index contributed by atoms with van der Waals surface area (Å²) in [4.78, 5) is 0. The van der Waals surface area contributed by atoms with Gasteiger partial charge in [0.2, 0.25) is 0 Å². The summed E-state index contributed by atoms with van der Waals surface area (Å²) in [5.41, 5.74) is 0.491. The molecule has 0 aliphatic heterocycles. The molecule has 15 heavy (non-hydrogen) atoms. The average Bonchev–Trinajstić information content (AvgIpc) is 2.18. The minimum absolute atomic E-state index is 0.0838. The van der Waals surface area contributed by atoms with E-state index in [1.807, 2.05) is 0 Å². The topological polar surface area (TPSA) is 20.2 Å². The number of aliphatic hydroxyl groups is 1. The summed E-state index contributed by atoms with van der Waals surface area (Å²) in [7, 11) is 0. The molecule has 1 unspecified atom stereocenters. The fraction of sp³-hybridized carbons (Fsp3) is 1.00. The van der Waals surface area contributed by atoms with Gasteiger partial charge in [-0.15, -0.1) is 0 Å². The first-order valence-corrected chi connectivity index (χ1v) is 6.58. The van der Waals surface area contributed by atoms with E-state index in [1.165, 1.54) is 32.1 Å². The molecule has 1 N–H and O–H groups in total. The Morgan fingerprint density at radius 3 is 2.20 bits per heavy atom. The van der Waals surface area contributed by atoms with E-state index >= 15 is 0 Å². The molecule has 1 atom stereocenters. The second kappa shape index (κ2) is 4.86. The van der Waals surface area contributed by atoms with Crippen LogP contribution in [0.15, 0.2) is 0 Å². The van der Waals surface area contributed by atoms with Gasteiger partial charge >= 0.3 is 0 Å². The summed E-state index contributed by atoms with van der Waals surface area (Å²) in [6.45, 7) is 8.90. The van der Waals surface area contributed by atoms with E-state index in [0.29, 0.717) is 5.41 Å². The van der Waals surface area contributed by atoms with Crippen LogP contribution < -0.4 is 0 Å². The molecule has 90 valence electrons. The molecule has 0 bridgehead atoms. The molecule has 0 saturated heterocycles. The van der Waals surface area contributed by atoms with Crippen molar-refractivity contribution in [2.24, 2.45) is 10.8 Å². The van der Waals surface area contributed by atoms with Crippen molar-refractivity contribution in [1.82, 2.24) is 0 Å². The normalized spacial score (nSPS) is 23.8. The van der Waals surface area contributed by atoms with Gasteiger partial charge in [0.15, 0.2) is 0 Å². The Kier molecular flexibility index (Phi) is 4.22. The first kappa shape index (κ1) is 13.0. The first-order valence-electron chi connectivity index (χ1n) is 6.58. The summed E-state index contributed by atoms with van der Waals surface area (Å²) < 4.78 is 0. The Labute approximate surface area is 95.3 Å². The van der Waals surface area contributed by atoms with Crippen molar-refractivity contribution in [2.75, 3.05) is 0 Å². The Bertz CT molecular complexity index is 190. The molecule has 0 aromatic rings. The van der Waals surface area contributed by atoms with Crippen molar-refractivity contribution in [2.45, 2.75) is 78.7 Å². The van der Waals surface area contributed by atoms with Gasteiger partial charge < -0.3 is 5.11 Å². The second-order valence-corrected chi connectivity index (χ2v) is 6.43. The van der Waals surface area contributed by atoms with Crippen LogP contribution in [0.25, 0.3) is 0 Å². The highest BCUT2D eigenvalue weighted by molar-refractivity contribution is 4.86. The van der Waals surface area contributed by atoms with Crippen LogP contribution >= 0.6 is 0 Å². The van der Waals surface area contributed by atoms with Crippen LogP contribution in [0.2, 0.25) is 0 Å². The number of aliphatic hydroxyl groups excluding tert-OH is 1. The molecular weight excluding hydrogens is 184 g/mol. The molecule has 1 heteroatoms. The maximum absolute atomic E-state index is 10.3. The Morgan fingerprint density at radius 2 is 1.73 bits per heavy atom. The SMILES string of the molecule is CCC(C)(C)C(O)CC1(C)CCCCC1. The maximum atomic E-state index is 10.3. The largest absolute Gasteiger partial charge is 0.393 e. The van der Waals surface area contributed by atoms with Gasteiger partial charge in [-0.3, -0.25) is 0 Å². The first-order chi connectivity index (χ1) is 6.90. The van der Waals surface area contributed by atoms with Gasteiger partial charge in [0.05, 0.1) is 6.10 Å². The van der Waals surface area contributed by atoms with E-state index in [-0.39, 0.29) is 11.5 Å². The van der Waals surface area contributed by atoms with Crippen LogP contribution in [0.1, 0.15) is 72.6 Å². The monoisotopic (exact) mass is 212 g/mol. The maximum Gasteiger partial charge on any atom is 0.0596 e. The van der Waals surface area contributed by atoms with Crippen LogP contribution in [0, 0.1) is 10.8 Å². The van der Waals surface area contributed by atoms with Crippen LogP contribution in [0.3, 0.4) is 0 Å². The minimum Gasteiger partial charge on any atom is -0.393 e. The van der Waals surface area contributed by atoms with Gasteiger partial charge in [-0.25, -0.2) is 0 Å². The van der Waals surface area contributed by atoms with Crippen LogP contribution in [-0.2, 0) is 0 Å². The predicted molar refractivity (Wildman–Crippen MR) is 65.9 cm³/mol. The zero-order chi connectivity index (χ0) is 11.5. The number of hydrogen-bond donors (Lipinski definition) is 1. The molecule has 1 aliphatic carbocycles. The fourth-order valence-electron chi connectivity index (χ4n) is 2.59. The van der Waals surface area contributed by atoms with E-state index in [1.54, 1.807) is 0 Å². The van der Waals surface area contributed by atoms with E-state index in [0.717, 1.165) is 12.8 Å². The van der Waals surface area contributed by atoms with Crippen molar-refractivity contribution >= 4 is 0 Å². The zero-order valence-electron chi connectivity index (χ0n) is 11.0. The van der Waals surface area contributed by atoms with Crippen molar-refractivity contribution in [3.05, 3.63) is 0 Å². The summed E-state index contributed by atoms with van der Waals surface area (Å²) in [6.07, 6.45) is 8.64. The highest BCUT2D eigenvalue weighted by atomic mass is 16.3. The molecule has 0 radical (unpaired) electrons. The van der Waals surface area contributed by atoms with Crippen molar-refractivity contribution < 1.29 is 5.11 Å². The number of rotatable bonds is 4. The second-order valence-electron chi connectivity index (χ2n) is 6.43. The third-order valence-electron chi connectivity index (χ3n) is 4.56. The van der Waals surface area contributed by atoms with Crippen LogP contribution in [0.5, 0.6) is 0 Å². The van der Waals surface area contributed by atoms with Crippen molar-refractivity contribution in [1.29, 1.82) is 0 Å². The summed E-state index contributed by atoms with van der Waals surface area (Å²) in [6, 6.07) is 0.